The van der Waals surface area contributed by atoms with Crippen molar-refractivity contribution < 1.29 is 0 Å². The standard InChI is InChI=1S/C8H11N.3C8H12.2C7H9N.C6H8N2.C5H7N.C4H5N.2C3H4N2S.4C2H6/c1-6-4-5-9-8(3)7(6)2;3*1-6-4-5-7(2)8(6)3;1-6-4-3-5-8-7(6)2;1-6-4-3-5-7(2)8-6;1-5-3-4-7-6(2)8-5;1-5-3-2-4-6-5;1-2-4-5-3-1;1-3-5-4-2-6-3;1-3-4-2-5-6-3;4*1-2/h4-5H,1-3H3;3*4H,5H2,1-3H3;2*3-5H,1-2H3;3-4H,1-2H3;2,4H,3H2,1H3;1-3H,4H2;2*2H,1H3;4*1-2H3. The first kappa shape index (κ1) is 87.3. The normalized spacial score (nSPS) is 12.6. The number of aliphatic imine (C=N–C) groups is 2. The molecule has 0 spiro atoms. The van der Waals surface area contributed by atoms with Crippen LogP contribution in [0.25, 0.3) is 0 Å². The molecule has 11 rings (SSSR count). The molecular weight excluding hydrogens is 1120 g/mol. The third-order valence-corrected chi connectivity index (χ3v) is 14.3. The predicted octanol–water partition coefficient (Wildman–Crippen LogP) is 22.3. The summed E-state index contributed by atoms with van der Waals surface area (Å²) < 4.78 is 3.75. The molecule has 6 aromatic heterocycles. The van der Waals surface area contributed by atoms with Gasteiger partial charge < -0.3 is 0 Å². The Hall–Kier alpha value is -7.09. The highest BCUT2D eigenvalue weighted by molar-refractivity contribution is 7.09. The summed E-state index contributed by atoms with van der Waals surface area (Å²) in [6, 6.07) is 13.9. The summed E-state index contributed by atoms with van der Waals surface area (Å²) in [6.45, 7) is 60.6. The fraction of sp³-hybridized carbons (Fsp3) is 0.453. The van der Waals surface area contributed by atoms with E-state index in [0.717, 1.165) is 57.3 Å². The molecule has 0 atom stereocenters. The largest absolute Gasteiger partial charge is 0.289 e. The summed E-state index contributed by atoms with van der Waals surface area (Å²) in [4.78, 5) is 32.0. The summed E-state index contributed by atoms with van der Waals surface area (Å²) >= 11 is 2.97. The van der Waals surface area contributed by atoms with Crippen LogP contribution in [0.15, 0.2) is 176 Å². The van der Waals surface area contributed by atoms with Gasteiger partial charge in [-0.15, -0.1) is 21.5 Å². The number of aryl methyl sites for hydroxylation is 10. The molecule has 0 radical (unpaired) electrons. The molecule has 0 saturated carbocycles. The topological polar surface area (TPSA) is 141 Å². The van der Waals surface area contributed by atoms with E-state index in [2.05, 4.69) is 168 Å². The van der Waals surface area contributed by atoms with Gasteiger partial charge in [0.2, 0.25) is 0 Å². The lowest BCUT2D eigenvalue weighted by Gasteiger charge is -1.99. The molecule has 0 saturated heterocycles. The van der Waals surface area contributed by atoms with Crippen LogP contribution < -0.4 is 0 Å². The number of aromatic nitrogens is 9. The molecule has 0 amide bonds. The molecule has 5 aliphatic rings. The summed E-state index contributed by atoms with van der Waals surface area (Å²) in [5, 5.41) is 9.32. The number of pyridine rings is 3. The maximum atomic E-state index is 4.17. The van der Waals surface area contributed by atoms with Crippen molar-refractivity contribution in [2.75, 3.05) is 6.54 Å². The Kier molecular flexibility index (Phi) is 56.0. The number of hydrogen-bond acceptors (Lipinski definition) is 13. The van der Waals surface area contributed by atoms with Gasteiger partial charge in [0.1, 0.15) is 27.7 Å². The average molecular weight is 1240 g/mol. The third-order valence-electron chi connectivity index (χ3n) is 13.1. The van der Waals surface area contributed by atoms with E-state index >= 15 is 0 Å². The van der Waals surface area contributed by atoms with Crippen molar-refractivity contribution in [2.24, 2.45) is 9.98 Å². The van der Waals surface area contributed by atoms with Crippen molar-refractivity contribution in [1.82, 2.24) is 44.5 Å². The number of rotatable bonds is 0. The second-order valence-electron chi connectivity index (χ2n) is 19.7. The zero-order chi connectivity index (χ0) is 68.0. The Morgan fingerprint density at radius 1 is 0.443 bits per heavy atom. The SMILES string of the molecule is C1=CCN=C1.CC.CC.CC.CC.CC1=CCC(C)=C1C.CC1=CCC(C)=C1C.CC1=CCC(C)=C1C.CC1=NC=CC1.Cc1cccc(C)n1.Cc1cccnc1C.Cc1ccnc(C)c1C.Cc1ccnc(C)n1.Cc1ncns1.Cc1nncs1. The van der Waals surface area contributed by atoms with Crippen LogP contribution in [-0.2, 0) is 0 Å². The monoisotopic (exact) mass is 1240 g/mol. The molecule has 13 heteroatoms. The molecule has 8 heterocycles. The molecular formula is C75H117N11S2. The van der Waals surface area contributed by atoms with Gasteiger partial charge in [0.05, 0.1) is 6.54 Å². The number of nitrogens with zero attached hydrogens (tertiary/aromatic N) is 11. The molecule has 0 N–H and O–H groups in total. The minimum Gasteiger partial charge on any atom is -0.289 e. The van der Waals surface area contributed by atoms with E-state index in [1.165, 1.54) is 103 Å². The fourth-order valence-electron chi connectivity index (χ4n) is 6.65. The molecule has 6 aromatic rings. The van der Waals surface area contributed by atoms with Gasteiger partial charge in [0, 0.05) is 71.6 Å². The van der Waals surface area contributed by atoms with Crippen LogP contribution >= 0.6 is 22.9 Å². The first-order valence-electron chi connectivity index (χ1n) is 31.2. The van der Waals surface area contributed by atoms with Gasteiger partial charge in [0.15, 0.2) is 0 Å². The van der Waals surface area contributed by atoms with Crippen molar-refractivity contribution >= 4 is 34.8 Å². The molecule has 0 unspecified atom stereocenters. The minimum atomic E-state index is 0.838. The lowest BCUT2D eigenvalue weighted by atomic mass is 10.1. The zero-order valence-corrected chi connectivity index (χ0v) is 62.0. The van der Waals surface area contributed by atoms with Gasteiger partial charge >= 0.3 is 0 Å². The second-order valence-corrected chi connectivity index (χ2v) is 21.7. The van der Waals surface area contributed by atoms with Crippen molar-refractivity contribution in [3.05, 3.63) is 227 Å². The van der Waals surface area contributed by atoms with E-state index < -0.39 is 0 Å². The van der Waals surface area contributed by atoms with E-state index in [4.69, 9.17) is 0 Å². The van der Waals surface area contributed by atoms with Gasteiger partial charge in [-0.05, 0) is 246 Å². The lowest BCUT2D eigenvalue weighted by molar-refractivity contribution is 1.01. The summed E-state index contributed by atoms with van der Waals surface area (Å²) in [5.41, 5.74) is 25.7. The number of hydrogen-bond donors (Lipinski definition) is 0. The van der Waals surface area contributed by atoms with Crippen LogP contribution in [0.2, 0.25) is 0 Å². The van der Waals surface area contributed by atoms with Crippen molar-refractivity contribution in [1.29, 1.82) is 0 Å². The Morgan fingerprint density at radius 2 is 0.943 bits per heavy atom. The van der Waals surface area contributed by atoms with E-state index in [1.54, 1.807) is 35.6 Å². The van der Waals surface area contributed by atoms with E-state index in [9.17, 15) is 0 Å². The van der Waals surface area contributed by atoms with Crippen LogP contribution in [0.4, 0.5) is 0 Å². The summed E-state index contributed by atoms with van der Waals surface area (Å²) in [5.74, 6) is 0.838. The highest BCUT2D eigenvalue weighted by Crippen LogP contribution is 2.25. The third kappa shape index (κ3) is 45.2. The minimum absolute atomic E-state index is 0.838. The van der Waals surface area contributed by atoms with Crippen molar-refractivity contribution in [2.45, 2.75) is 226 Å². The Bertz CT molecular complexity index is 2800. The lowest BCUT2D eigenvalue weighted by Crippen LogP contribution is -1.87. The first-order chi connectivity index (χ1) is 41.9. The second kappa shape index (κ2) is 56.4. The van der Waals surface area contributed by atoms with Crippen LogP contribution in [0.3, 0.4) is 0 Å². The predicted molar refractivity (Wildman–Crippen MR) is 392 cm³/mol. The molecule has 3 aliphatic carbocycles. The van der Waals surface area contributed by atoms with E-state index in [-0.39, 0.29) is 0 Å². The van der Waals surface area contributed by atoms with Gasteiger partial charge in [-0.3, -0.25) is 24.9 Å². The Labute approximate surface area is 545 Å². The number of allylic oxidation sites excluding steroid dienone is 14. The van der Waals surface area contributed by atoms with Crippen molar-refractivity contribution in [3.8, 4) is 0 Å². The molecule has 2 aliphatic heterocycles. The van der Waals surface area contributed by atoms with Gasteiger partial charge in [-0.2, -0.15) is 4.37 Å². The summed E-state index contributed by atoms with van der Waals surface area (Å²) in [7, 11) is 0. The summed E-state index contributed by atoms with van der Waals surface area (Å²) in [6.07, 6.45) is 28.1. The van der Waals surface area contributed by atoms with Gasteiger partial charge in [-0.1, -0.05) is 131 Å². The maximum absolute atomic E-state index is 4.17. The average Bonchev–Trinajstić information content (AvgIpc) is 4.64. The fourth-order valence-corrected chi connectivity index (χ4v) is 7.33. The van der Waals surface area contributed by atoms with Crippen LogP contribution in [0.1, 0.15) is 211 Å². The Morgan fingerprint density at radius 3 is 1.14 bits per heavy atom. The zero-order valence-electron chi connectivity index (χ0n) is 60.3. The van der Waals surface area contributed by atoms with E-state index in [1.807, 2.05) is 185 Å². The van der Waals surface area contributed by atoms with Crippen LogP contribution in [0, 0.1) is 76.2 Å². The van der Waals surface area contributed by atoms with E-state index in [0.29, 0.717) is 0 Å². The molecule has 0 aromatic carbocycles. The Balaban J connectivity index is -0.000000437. The highest BCUT2D eigenvalue weighted by Gasteiger charge is 2.05. The van der Waals surface area contributed by atoms with Gasteiger partial charge in [0.25, 0.3) is 0 Å². The quantitative estimate of drug-likeness (QED) is 0.145. The highest BCUT2D eigenvalue weighted by atomic mass is 32.1. The smallest absolute Gasteiger partial charge is 0.129 e. The van der Waals surface area contributed by atoms with Gasteiger partial charge in [-0.25, -0.2) is 15.0 Å². The molecule has 88 heavy (non-hydrogen) atoms. The van der Waals surface area contributed by atoms with Crippen LogP contribution in [0.5, 0.6) is 0 Å². The molecule has 11 nitrogen and oxygen atoms in total. The first-order valence-corrected chi connectivity index (χ1v) is 32.8. The molecule has 0 fully saturated rings. The van der Waals surface area contributed by atoms with Crippen molar-refractivity contribution in [3.63, 3.8) is 0 Å². The van der Waals surface area contributed by atoms with Crippen LogP contribution in [-0.4, -0.2) is 62.9 Å². The molecule has 484 valence electrons. The molecule has 0 bridgehead atoms. The maximum Gasteiger partial charge on any atom is 0.129 e.